The number of amides is 3. The molecule has 3 N–H and O–H groups in total. The molecular formula is C18H35ClN4O2. The van der Waals surface area contributed by atoms with Gasteiger partial charge < -0.3 is 20.9 Å². The fourth-order valence-electron chi connectivity index (χ4n) is 3.76. The van der Waals surface area contributed by atoms with Gasteiger partial charge in [-0.1, -0.05) is 13.8 Å². The number of likely N-dealkylation sites (tertiary alicyclic amines) is 2. The lowest BCUT2D eigenvalue weighted by Gasteiger charge is -2.37. The summed E-state index contributed by atoms with van der Waals surface area (Å²) in [7, 11) is 0. The molecule has 7 heteroatoms. The molecule has 0 radical (unpaired) electrons. The van der Waals surface area contributed by atoms with E-state index in [1.807, 2.05) is 9.80 Å². The lowest BCUT2D eigenvalue weighted by molar-refractivity contribution is -0.136. The second kappa shape index (κ2) is 10.9. The second-order valence-corrected chi connectivity index (χ2v) is 7.71. The monoisotopic (exact) mass is 374 g/mol. The molecule has 2 rings (SSSR count). The smallest absolute Gasteiger partial charge is 0.317 e. The highest BCUT2D eigenvalue weighted by atomic mass is 35.5. The summed E-state index contributed by atoms with van der Waals surface area (Å²) in [4.78, 5) is 28.8. The standard InChI is InChI=1S/C18H34N4O2.ClH/c1-14(2)12-20-18(24)21-8-5-6-15(13-21)10-17(23)22-9-4-3-7-16(22)11-19;/h14-16H,3-13,19H2,1-2H3,(H,20,24);1H. The van der Waals surface area contributed by atoms with Crippen LogP contribution in [0.25, 0.3) is 0 Å². The van der Waals surface area contributed by atoms with E-state index in [1.165, 1.54) is 6.42 Å². The number of halogens is 1. The lowest BCUT2D eigenvalue weighted by Crippen LogP contribution is -2.50. The van der Waals surface area contributed by atoms with Gasteiger partial charge in [0.1, 0.15) is 0 Å². The molecule has 0 aromatic rings. The van der Waals surface area contributed by atoms with E-state index >= 15 is 0 Å². The average molecular weight is 375 g/mol. The van der Waals surface area contributed by atoms with E-state index in [2.05, 4.69) is 19.2 Å². The van der Waals surface area contributed by atoms with Gasteiger partial charge in [-0.05, 0) is 43.9 Å². The van der Waals surface area contributed by atoms with E-state index in [0.29, 0.717) is 32.0 Å². The third-order valence-electron chi connectivity index (χ3n) is 5.15. The Morgan fingerprint density at radius 1 is 1.16 bits per heavy atom. The second-order valence-electron chi connectivity index (χ2n) is 7.71. The van der Waals surface area contributed by atoms with Gasteiger partial charge in [0.15, 0.2) is 0 Å². The molecular weight excluding hydrogens is 340 g/mol. The molecule has 6 nitrogen and oxygen atoms in total. The van der Waals surface area contributed by atoms with Crippen LogP contribution >= 0.6 is 12.4 Å². The van der Waals surface area contributed by atoms with Crippen molar-refractivity contribution in [2.24, 2.45) is 17.6 Å². The van der Waals surface area contributed by atoms with Crippen LogP contribution in [0.15, 0.2) is 0 Å². The van der Waals surface area contributed by atoms with Crippen molar-refractivity contribution in [2.75, 3.05) is 32.7 Å². The molecule has 0 aromatic heterocycles. The number of piperidine rings is 2. The van der Waals surface area contributed by atoms with Crippen LogP contribution in [0.1, 0.15) is 52.4 Å². The zero-order valence-electron chi connectivity index (χ0n) is 15.7. The van der Waals surface area contributed by atoms with E-state index < -0.39 is 0 Å². The number of hydrogen-bond acceptors (Lipinski definition) is 3. The quantitative estimate of drug-likeness (QED) is 0.774. The van der Waals surface area contributed by atoms with Crippen LogP contribution in [0.4, 0.5) is 4.79 Å². The summed E-state index contributed by atoms with van der Waals surface area (Å²) in [6.07, 6.45) is 5.82. The fourth-order valence-corrected chi connectivity index (χ4v) is 3.76. The van der Waals surface area contributed by atoms with Crippen LogP contribution in [0.3, 0.4) is 0 Å². The van der Waals surface area contributed by atoms with Gasteiger partial charge in [-0.2, -0.15) is 0 Å². The summed E-state index contributed by atoms with van der Waals surface area (Å²) >= 11 is 0. The third kappa shape index (κ3) is 6.66. The van der Waals surface area contributed by atoms with Crippen molar-refractivity contribution < 1.29 is 9.59 Å². The maximum atomic E-state index is 12.7. The molecule has 2 heterocycles. The Bertz CT molecular complexity index is 433. The highest BCUT2D eigenvalue weighted by Crippen LogP contribution is 2.23. The Morgan fingerprint density at radius 3 is 2.60 bits per heavy atom. The molecule has 25 heavy (non-hydrogen) atoms. The molecule has 0 saturated carbocycles. The summed E-state index contributed by atoms with van der Waals surface area (Å²) in [5.41, 5.74) is 5.83. The van der Waals surface area contributed by atoms with Crippen molar-refractivity contribution in [3.05, 3.63) is 0 Å². The number of carbonyl (C=O) groups is 2. The maximum Gasteiger partial charge on any atom is 0.317 e. The summed E-state index contributed by atoms with van der Waals surface area (Å²) in [6.45, 7) is 7.76. The van der Waals surface area contributed by atoms with Crippen molar-refractivity contribution >= 4 is 24.3 Å². The first-order chi connectivity index (χ1) is 11.5. The molecule has 3 amide bonds. The summed E-state index contributed by atoms with van der Waals surface area (Å²) in [5.74, 6) is 0.944. The normalized spacial score (nSPS) is 24.0. The topological polar surface area (TPSA) is 78.7 Å². The van der Waals surface area contributed by atoms with Gasteiger partial charge in [0, 0.05) is 45.2 Å². The number of nitrogens with zero attached hydrogens (tertiary/aromatic N) is 2. The van der Waals surface area contributed by atoms with E-state index in [0.717, 1.165) is 38.8 Å². The van der Waals surface area contributed by atoms with Gasteiger partial charge in [-0.15, -0.1) is 12.4 Å². The Kier molecular flexibility index (Phi) is 9.57. The Hall–Kier alpha value is -1.01. The molecule has 2 unspecified atom stereocenters. The van der Waals surface area contributed by atoms with E-state index in [-0.39, 0.29) is 36.3 Å². The first kappa shape index (κ1) is 22.0. The van der Waals surface area contributed by atoms with Gasteiger partial charge >= 0.3 is 6.03 Å². The van der Waals surface area contributed by atoms with Crippen molar-refractivity contribution in [3.63, 3.8) is 0 Å². The van der Waals surface area contributed by atoms with Crippen molar-refractivity contribution in [1.29, 1.82) is 0 Å². The highest BCUT2D eigenvalue weighted by molar-refractivity contribution is 5.85. The zero-order chi connectivity index (χ0) is 17.5. The van der Waals surface area contributed by atoms with Crippen molar-refractivity contribution in [3.8, 4) is 0 Å². The third-order valence-corrected chi connectivity index (χ3v) is 5.15. The predicted octanol–water partition coefficient (Wildman–Crippen LogP) is 2.22. The number of nitrogens with two attached hydrogens (primary N) is 1. The molecule has 0 aliphatic carbocycles. The minimum Gasteiger partial charge on any atom is -0.338 e. The first-order valence-corrected chi connectivity index (χ1v) is 9.53. The van der Waals surface area contributed by atoms with Crippen LogP contribution in [0.5, 0.6) is 0 Å². The van der Waals surface area contributed by atoms with Gasteiger partial charge in [-0.3, -0.25) is 4.79 Å². The Labute approximate surface area is 158 Å². The number of nitrogens with one attached hydrogen (secondary N) is 1. The number of urea groups is 1. The molecule has 146 valence electrons. The molecule has 2 aliphatic heterocycles. The largest absolute Gasteiger partial charge is 0.338 e. The maximum absolute atomic E-state index is 12.7. The minimum absolute atomic E-state index is 0. The molecule has 2 saturated heterocycles. The van der Waals surface area contributed by atoms with Gasteiger partial charge in [-0.25, -0.2) is 4.79 Å². The fraction of sp³-hybridized carbons (Fsp3) is 0.889. The van der Waals surface area contributed by atoms with Crippen molar-refractivity contribution in [1.82, 2.24) is 15.1 Å². The lowest BCUT2D eigenvalue weighted by atomic mass is 9.93. The molecule has 0 spiro atoms. The SMILES string of the molecule is CC(C)CNC(=O)N1CCCC(CC(=O)N2CCCCC2CN)C1.Cl. The first-order valence-electron chi connectivity index (χ1n) is 9.53. The molecule has 0 bridgehead atoms. The van der Waals surface area contributed by atoms with E-state index in [1.54, 1.807) is 0 Å². The highest BCUT2D eigenvalue weighted by Gasteiger charge is 2.30. The van der Waals surface area contributed by atoms with Gasteiger partial charge in [0.2, 0.25) is 5.91 Å². The molecule has 0 aromatic carbocycles. The van der Waals surface area contributed by atoms with E-state index in [9.17, 15) is 9.59 Å². The minimum atomic E-state index is 0. The number of carbonyl (C=O) groups excluding carboxylic acids is 2. The Morgan fingerprint density at radius 2 is 1.92 bits per heavy atom. The molecule has 2 atom stereocenters. The van der Waals surface area contributed by atoms with Crippen LogP contribution in [-0.2, 0) is 4.79 Å². The Balaban J connectivity index is 0.00000312. The van der Waals surface area contributed by atoms with E-state index in [4.69, 9.17) is 5.73 Å². The summed E-state index contributed by atoms with van der Waals surface area (Å²) < 4.78 is 0. The summed E-state index contributed by atoms with van der Waals surface area (Å²) in [5, 5.41) is 2.98. The summed E-state index contributed by atoms with van der Waals surface area (Å²) in [6, 6.07) is 0.221. The predicted molar refractivity (Wildman–Crippen MR) is 103 cm³/mol. The van der Waals surface area contributed by atoms with Gasteiger partial charge in [0.05, 0.1) is 0 Å². The van der Waals surface area contributed by atoms with Crippen molar-refractivity contribution in [2.45, 2.75) is 58.4 Å². The van der Waals surface area contributed by atoms with Crippen LogP contribution in [0.2, 0.25) is 0 Å². The average Bonchev–Trinajstić information content (AvgIpc) is 2.59. The van der Waals surface area contributed by atoms with Crippen LogP contribution in [0, 0.1) is 11.8 Å². The van der Waals surface area contributed by atoms with Crippen LogP contribution in [-0.4, -0.2) is 60.5 Å². The number of rotatable bonds is 5. The zero-order valence-corrected chi connectivity index (χ0v) is 16.5. The molecule has 2 fully saturated rings. The van der Waals surface area contributed by atoms with Gasteiger partial charge in [0.25, 0.3) is 0 Å². The molecule has 2 aliphatic rings. The van der Waals surface area contributed by atoms with Crippen LogP contribution < -0.4 is 11.1 Å². The number of hydrogen-bond donors (Lipinski definition) is 2.